The molecule has 1 aromatic heterocycles. The van der Waals surface area contributed by atoms with Crippen LogP contribution in [0.1, 0.15) is 43.2 Å². The quantitative estimate of drug-likeness (QED) is 0.810. The number of fused-ring (bicyclic) bond motifs is 1. The van der Waals surface area contributed by atoms with Crippen molar-refractivity contribution in [1.29, 1.82) is 0 Å². The van der Waals surface area contributed by atoms with E-state index in [0.29, 0.717) is 5.41 Å². The number of carbonyl (C=O) groups is 1. The van der Waals surface area contributed by atoms with Crippen LogP contribution in [0.15, 0.2) is 6.58 Å². The van der Waals surface area contributed by atoms with Crippen molar-refractivity contribution in [2.45, 2.75) is 40.0 Å². The molecule has 1 aromatic rings. The Morgan fingerprint density at radius 1 is 1.53 bits per heavy atom. The van der Waals surface area contributed by atoms with Gasteiger partial charge in [0.25, 0.3) is 0 Å². The molecule has 0 radical (unpaired) electrons. The van der Waals surface area contributed by atoms with Crippen LogP contribution in [0.3, 0.4) is 0 Å². The summed E-state index contributed by atoms with van der Waals surface area (Å²) in [4.78, 5) is 12.1. The van der Waals surface area contributed by atoms with Crippen molar-refractivity contribution in [3.8, 4) is 0 Å². The molecule has 0 aliphatic heterocycles. The molecule has 1 aliphatic rings. The maximum absolute atomic E-state index is 10.7. The van der Waals surface area contributed by atoms with Gasteiger partial charge < -0.3 is 5.32 Å². The standard InChI is InChI=1S/C14H19NOS/c1-9(2)12-10-7-14(3,4)6-5-11(10)17-13(12)15-8-16/h8H,1,5-7H2,2-4H3,(H,15,16). The minimum atomic E-state index is 0.358. The van der Waals surface area contributed by atoms with Gasteiger partial charge in [0, 0.05) is 10.4 Å². The van der Waals surface area contributed by atoms with Gasteiger partial charge in [0.05, 0.1) is 0 Å². The minimum Gasteiger partial charge on any atom is -0.320 e. The fourth-order valence-electron chi connectivity index (χ4n) is 2.53. The van der Waals surface area contributed by atoms with Crippen molar-refractivity contribution >= 4 is 28.3 Å². The van der Waals surface area contributed by atoms with Gasteiger partial charge in [0.15, 0.2) is 0 Å². The maximum Gasteiger partial charge on any atom is 0.212 e. The molecule has 2 nitrogen and oxygen atoms in total. The van der Waals surface area contributed by atoms with Crippen LogP contribution in [0, 0.1) is 5.41 Å². The molecule has 0 unspecified atom stereocenters. The number of aryl methyl sites for hydroxylation is 1. The molecule has 17 heavy (non-hydrogen) atoms. The summed E-state index contributed by atoms with van der Waals surface area (Å²) < 4.78 is 0. The Morgan fingerprint density at radius 2 is 2.24 bits per heavy atom. The molecule has 0 spiro atoms. The molecule has 2 rings (SSSR count). The highest BCUT2D eigenvalue weighted by Crippen LogP contribution is 2.45. The number of hydrogen-bond acceptors (Lipinski definition) is 2. The minimum absolute atomic E-state index is 0.358. The molecule has 92 valence electrons. The summed E-state index contributed by atoms with van der Waals surface area (Å²) in [5.74, 6) is 0. The van der Waals surface area contributed by atoms with Gasteiger partial charge >= 0.3 is 0 Å². The average molecular weight is 249 g/mol. The molecule has 0 aromatic carbocycles. The van der Waals surface area contributed by atoms with E-state index in [-0.39, 0.29) is 0 Å². The molecule has 1 aliphatic carbocycles. The molecule has 1 amide bonds. The monoisotopic (exact) mass is 249 g/mol. The third-order valence-electron chi connectivity index (χ3n) is 3.39. The first kappa shape index (κ1) is 12.4. The van der Waals surface area contributed by atoms with E-state index < -0.39 is 0 Å². The SMILES string of the molecule is C=C(C)c1c(NC=O)sc2c1CC(C)(C)CC2. The van der Waals surface area contributed by atoms with Crippen LogP contribution in [-0.2, 0) is 17.6 Å². The van der Waals surface area contributed by atoms with Crippen molar-refractivity contribution in [1.82, 2.24) is 0 Å². The smallest absolute Gasteiger partial charge is 0.212 e. The lowest BCUT2D eigenvalue weighted by atomic mass is 9.75. The molecule has 0 fully saturated rings. The zero-order valence-corrected chi connectivity index (χ0v) is 11.5. The third kappa shape index (κ3) is 2.29. The van der Waals surface area contributed by atoms with Crippen LogP contribution >= 0.6 is 11.3 Å². The number of hydrogen-bond donors (Lipinski definition) is 1. The summed E-state index contributed by atoms with van der Waals surface area (Å²) >= 11 is 1.71. The lowest BCUT2D eigenvalue weighted by Crippen LogP contribution is -2.21. The second kappa shape index (κ2) is 4.30. The first-order valence-corrected chi connectivity index (χ1v) is 6.77. The Kier molecular flexibility index (Phi) is 3.13. The van der Waals surface area contributed by atoms with Crippen LogP contribution in [0.4, 0.5) is 5.00 Å². The highest BCUT2D eigenvalue weighted by Gasteiger charge is 2.30. The fraction of sp³-hybridized carbons (Fsp3) is 0.500. The van der Waals surface area contributed by atoms with E-state index in [0.717, 1.165) is 29.8 Å². The third-order valence-corrected chi connectivity index (χ3v) is 4.61. The van der Waals surface area contributed by atoms with Crippen molar-refractivity contribution in [2.75, 3.05) is 5.32 Å². The van der Waals surface area contributed by atoms with E-state index in [1.54, 1.807) is 11.3 Å². The lowest BCUT2D eigenvalue weighted by molar-refractivity contribution is -0.105. The highest BCUT2D eigenvalue weighted by molar-refractivity contribution is 7.16. The number of thiophene rings is 1. The summed E-state index contributed by atoms with van der Waals surface area (Å²) in [7, 11) is 0. The van der Waals surface area contributed by atoms with Crippen LogP contribution in [-0.4, -0.2) is 6.41 Å². The molecular formula is C14H19NOS. The van der Waals surface area contributed by atoms with Crippen LogP contribution in [0.2, 0.25) is 0 Å². The second-order valence-corrected chi connectivity index (χ2v) is 6.70. The first-order valence-electron chi connectivity index (χ1n) is 5.95. The number of nitrogens with one attached hydrogen (secondary N) is 1. The zero-order valence-electron chi connectivity index (χ0n) is 10.7. The number of amides is 1. The topological polar surface area (TPSA) is 29.1 Å². The lowest BCUT2D eigenvalue weighted by Gasteiger charge is -2.30. The van der Waals surface area contributed by atoms with E-state index >= 15 is 0 Å². The Balaban J connectivity index is 2.51. The summed E-state index contributed by atoms with van der Waals surface area (Å²) in [6, 6.07) is 0. The molecule has 0 atom stereocenters. The molecule has 0 saturated heterocycles. The Labute approximate surface area is 107 Å². The van der Waals surface area contributed by atoms with Crippen molar-refractivity contribution in [2.24, 2.45) is 5.41 Å². The summed E-state index contributed by atoms with van der Waals surface area (Å²) in [5, 5.41) is 3.79. The predicted octanol–water partition coefficient (Wildman–Crippen LogP) is 3.86. The number of carbonyl (C=O) groups excluding carboxylic acids is 1. The van der Waals surface area contributed by atoms with E-state index in [1.165, 1.54) is 22.4 Å². The number of rotatable bonds is 3. The van der Waals surface area contributed by atoms with Gasteiger partial charge in [-0.2, -0.15) is 0 Å². The van der Waals surface area contributed by atoms with E-state index in [2.05, 4.69) is 25.7 Å². The number of allylic oxidation sites excluding steroid dienone is 1. The van der Waals surface area contributed by atoms with Gasteiger partial charge in [-0.1, -0.05) is 20.4 Å². The van der Waals surface area contributed by atoms with Gasteiger partial charge in [-0.25, -0.2) is 0 Å². The normalized spacial score (nSPS) is 17.4. The largest absolute Gasteiger partial charge is 0.320 e. The van der Waals surface area contributed by atoms with Gasteiger partial charge in [-0.3, -0.25) is 4.79 Å². The molecule has 0 bridgehead atoms. The van der Waals surface area contributed by atoms with E-state index in [4.69, 9.17) is 0 Å². The van der Waals surface area contributed by atoms with Gasteiger partial charge in [-0.15, -0.1) is 11.3 Å². The summed E-state index contributed by atoms with van der Waals surface area (Å²) in [6.45, 7) is 10.7. The van der Waals surface area contributed by atoms with Crippen molar-refractivity contribution in [3.63, 3.8) is 0 Å². The van der Waals surface area contributed by atoms with Crippen LogP contribution in [0.25, 0.3) is 5.57 Å². The summed E-state index contributed by atoms with van der Waals surface area (Å²) in [6.07, 6.45) is 4.18. The summed E-state index contributed by atoms with van der Waals surface area (Å²) in [5.41, 5.74) is 3.98. The van der Waals surface area contributed by atoms with Crippen LogP contribution in [0.5, 0.6) is 0 Å². The second-order valence-electron chi connectivity index (χ2n) is 5.59. The average Bonchev–Trinajstić information content (AvgIpc) is 2.54. The van der Waals surface area contributed by atoms with Crippen molar-refractivity contribution in [3.05, 3.63) is 22.6 Å². The fourth-order valence-corrected chi connectivity index (χ4v) is 3.78. The van der Waals surface area contributed by atoms with E-state index in [9.17, 15) is 4.79 Å². The molecule has 1 heterocycles. The first-order chi connectivity index (χ1) is 7.94. The zero-order chi connectivity index (χ0) is 12.6. The molecule has 0 saturated carbocycles. The van der Waals surface area contributed by atoms with Crippen LogP contribution < -0.4 is 5.32 Å². The Hall–Kier alpha value is -1.09. The predicted molar refractivity (Wildman–Crippen MR) is 74.5 cm³/mol. The molecule has 3 heteroatoms. The van der Waals surface area contributed by atoms with E-state index in [1.807, 2.05) is 6.92 Å². The van der Waals surface area contributed by atoms with Crippen molar-refractivity contribution < 1.29 is 4.79 Å². The van der Waals surface area contributed by atoms with Gasteiger partial charge in [0.1, 0.15) is 5.00 Å². The molecule has 1 N–H and O–H groups in total. The number of anilines is 1. The maximum atomic E-state index is 10.7. The van der Waals surface area contributed by atoms with Gasteiger partial charge in [0.2, 0.25) is 6.41 Å². The van der Waals surface area contributed by atoms with Gasteiger partial charge in [-0.05, 0) is 42.7 Å². The Morgan fingerprint density at radius 3 is 2.82 bits per heavy atom. The Bertz CT molecular complexity index is 471. The highest BCUT2D eigenvalue weighted by atomic mass is 32.1. The molecular weight excluding hydrogens is 230 g/mol.